The standard InChI is InChI=1S/C18H21FN2O2S/c19-15-4-1-3-14(11-15)12-18(22)20-13-16(17-5-2-10-24-17)21-6-8-23-9-7-21/h1-5,10-11,16H,6-9,12-13H2,(H,20,22)/t16-/m0/s1. The zero-order chi connectivity index (χ0) is 16.8. The maximum Gasteiger partial charge on any atom is 0.224 e. The van der Waals surface area contributed by atoms with Gasteiger partial charge in [-0.15, -0.1) is 11.3 Å². The van der Waals surface area contributed by atoms with Crippen LogP contribution in [0.4, 0.5) is 4.39 Å². The Morgan fingerprint density at radius 3 is 2.83 bits per heavy atom. The van der Waals surface area contributed by atoms with Crippen molar-refractivity contribution in [3.05, 3.63) is 58.0 Å². The second-order valence-electron chi connectivity index (χ2n) is 5.79. The van der Waals surface area contributed by atoms with E-state index in [1.165, 1.54) is 17.0 Å². The first-order valence-electron chi connectivity index (χ1n) is 8.09. The van der Waals surface area contributed by atoms with E-state index in [1.54, 1.807) is 23.5 Å². The van der Waals surface area contributed by atoms with Crippen molar-refractivity contribution in [3.8, 4) is 0 Å². The molecule has 1 aromatic heterocycles. The molecule has 1 aromatic carbocycles. The second kappa shape index (κ2) is 8.37. The van der Waals surface area contributed by atoms with Crippen molar-refractivity contribution in [2.24, 2.45) is 0 Å². The zero-order valence-electron chi connectivity index (χ0n) is 13.4. The molecule has 0 saturated carbocycles. The zero-order valence-corrected chi connectivity index (χ0v) is 14.2. The molecule has 2 heterocycles. The molecule has 1 aliphatic rings. The largest absolute Gasteiger partial charge is 0.379 e. The summed E-state index contributed by atoms with van der Waals surface area (Å²) in [5.74, 6) is -0.402. The number of nitrogens with one attached hydrogen (secondary N) is 1. The lowest BCUT2D eigenvalue weighted by Gasteiger charge is -2.34. The Bertz CT molecular complexity index is 657. The quantitative estimate of drug-likeness (QED) is 0.873. The third-order valence-corrected chi connectivity index (χ3v) is 5.08. The van der Waals surface area contributed by atoms with Gasteiger partial charge in [-0.05, 0) is 29.1 Å². The molecule has 128 valence electrons. The smallest absolute Gasteiger partial charge is 0.224 e. The van der Waals surface area contributed by atoms with Crippen molar-refractivity contribution >= 4 is 17.2 Å². The first-order valence-corrected chi connectivity index (χ1v) is 8.96. The van der Waals surface area contributed by atoms with Crippen LogP contribution in [0.1, 0.15) is 16.5 Å². The minimum Gasteiger partial charge on any atom is -0.379 e. The van der Waals surface area contributed by atoms with E-state index in [9.17, 15) is 9.18 Å². The van der Waals surface area contributed by atoms with Crippen LogP contribution in [0.5, 0.6) is 0 Å². The van der Waals surface area contributed by atoms with Crippen LogP contribution in [-0.4, -0.2) is 43.7 Å². The number of nitrogens with zero attached hydrogens (tertiary/aromatic N) is 1. The molecule has 0 spiro atoms. The highest BCUT2D eigenvalue weighted by Crippen LogP contribution is 2.25. The molecule has 0 bridgehead atoms. The van der Waals surface area contributed by atoms with Gasteiger partial charge in [-0.3, -0.25) is 9.69 Å². The summed E-state index contributed by atoms with van der Waals surface area (Å²) in [6.45, 7) is 3.72. The van der Waals surface area contributed by atoms with Crippen LogP contribution in [0.2, 0.25) is 0 Å². The molecule has 1 saturated heterocycles. The van der Waals surface area contributed by atoms with Crippen LogP contribution in [0.25, 0.3) is 0 Å². The molecular weight excluding hydrogens is 327 g/mol. The molecule has 0 radical (unpaired) electrons. The SMILES string of the molecule is O=C(Cc1cccc(F)c1)NC[C@@H](c1cccs1)N1CCOCC1. The summed E-state index contributed by atoms with van der Waals surface area (Å²) in [5, 5.41) is 5.05. The summed E-state index contributed by atoms with van der Waals surface area (Å²) < 4.78 is 18.6. The maximum absolute atomic E-state index is 13.2. The lowest BCUT2D eigenvalue weighted by molar-refractivity contribution is -0.120. The highest BCUT2D eigenvalue weighted by Gasteiger charge is 2.23. The first-order chi connectivity index (χ1) is 11.7. The number of morpholine rings is 1. The fourth-order valence-corrected chi connectivity index (χ4v) is 3.75. The average Bonchev–Trinajstić information content (AvgIpc) is 3.10. The summed E-state index contributed by atoms with van der Waals surface area (Å²) in [5.41, 5.74) is 0.687. The Morgan fingerprint density at radius 2 is 2.12 bits per heavy atom. The average molecular weight is 348 g/mol. The molecule has 1 fully saturated rings. The third-order valence-electron chi connectivity index (χ3n) is 4.10. The number of carbonyl (C=O) groups excluding carboxylic acids is 1. The lowest BCUT2D eigenvalue weighted by Crippen LogP contribution is -2.43. The van der Waals surface area contributed by atoms with Gasteiger partial charge in [0.1, 0.15) is 5.82 Å². The predicted molar refractivity (Wildman–Crippen MR) is 92.6 cm³/mol. The molecule has 1 atom stereocenters. The molecule has 24 heavy (non-hydrogen) atoms. The maximum atomic E-state index is 13.2. The Balaban J connectivity index is 1.59. The van der Waals surface area contributed by atoms with Crippen LogP contribution in [0.3, 0.4) is 0 Å². The van der Waals surface area contributed by atoms with Gasteiger partial charge in [0.2, 0.25) is 5.91 Å². The third kappa shape index (κ3) is 4.63. The van der Waals surface area contributed by atoms with Crippen molar-refractivity contribution in [3.63, 3.8) is 0 Å². The summed E-state index contributed by atoms with van der Waals surface area (Å²) in [6, 6.07) is 10.5. The summed E-state index contributed by atoms with van der Waals surface area (Å²) >= 11 is 1.70. The van der Waals surface area contributed by atoms with Gasteiger partial charge in [-0.1, -0.05) is 18.2 Å². The van der Waals surface area contributed by atoms with Gasteiger partial charge in [0.25, 0.3) is 0 Å². The number of halogens is 1. The van der Waals surface area contributed by atoms with E-state index in [1.807, 2.05) is 6.07 Å². The number of benzene rings is 1. The van der Waals surface area contributed by atoms with Crippen LogP contribution in [0.15, 0.2) is 41.8 Å². The van der Waals surface area contributed by atoms with Crippen LogP contribution in [0, 0.1) is 5.82 Å². The minimum atomic E-state index is -0.315. The first kappa shape index (κ1) is 17.1. The Kier molecular flexibility index (Phi) is 5.96. The van der Waals surface area contributed by atoms with Crippen molar-refractivity contribution in [1.82, 2.24) is 10.2 Å². The van der Waals surface area contributed by atoms with Gasteiger partial charge in [-0.2, -0.15) is 0 Å². The van der Waals surface area contributed by atoms with E-state index < -0.39 is 0 Å². The van der Waals surface area contributed by atoms with E-state index in [0.29, 0.717) is 12.1 Å². The van der Waals surface area contributed by atoms with Gasteiger partial charge < -0.3 is 10.1 Å². The van der Waals surface area contributed by atoms with Gasteiger partial charge >= 0.3 is 0 Å². The molecule has 1 aliphatic heterocycles. The van der Waals surface area contributed by atoms with Crippen molar-refractivity contribution in [2.45, 2.75) is 12.5 Å². The number of carbonyl (C=O) groups is 1. The molecule has 4 nitrogen and oxygen atoms in total. The highest BCUT2D eigenvalue weighted by molar-refractivity contribution is 7.10. The Labute approximate surface area is 145 Å². The molecular formula is C18H21FN2O2S. The number of ether oxygens (including phenoxy) is 1. The van der Waals surface area contributed by atoms with Crippen molar-refractivity contribution < 1.29 is 13.9 Å². The van der Waals surface area contributed by atoms with Gasteiger partial charge in [0, 0.05) is 24.5 Å². The lowest BCUT2D eigenvalue weighted by atomic mass is 10.1. The van der Waals surface area contributed by atoms with Crippen molar-refractivity contribution in [1.29, 1.82) is 0 Å². The number of thiophene rings is 1. The highest BCUT2D eigenvalue weighted by atomic mass is 32.1. The molecule has 2 aromatic rings. The molecule has 3 rings (SSSR count). The summed E-state index contributed by atoms with van der Waals surface area (Å²) in [6.07, 6.45) is 0.192. The van der Waals surface area contributed by atoms with Crippen molar-refractivity contribution in [2.75, 3.05) is 32.8 Å². The van der Waals surface area contributed by atoms with Crippen LogP contribution >= 0.6 is 11.3 Å². The molecule has 0 unspecified atom stereocenters. The van der Waals surface area contributed by atoms with Gasteiger partial charge in [-0.25, -0.2) is 4.39 Å². The summed E-state index contributed by atoms with van der Waals surface area (Å²) in [7, 11) is 0. The Hall–Kier alpha value is -1.76. The van der Waals surface area contributed by atoms with E-state index in [4.69, 9.17) is 4.74 Å². The predicted octanol–water partition coefficient (Wildman–Crippen LogP) is 2.62. The fourth-order valence-electron chi connectivity index (χ4n) is 2.88. The minimum absolute atomic E-state index is 0.0876. The fraction of sp³-hybridized carbons (Fsp3) is 0.389. The van der Waals surface area contributed by atoms with E-state index >= 15 is 0 Å². The summed E-state index contributed by atoms with van der Waals surface area (Å²) in [4.78, 5) is 15.8. The van der Waals surface area contributed by atoms with Crippen LogP contribution in [-0.2, 0) is 16.0 Å². The number of hydrogen-bond acceptors (Lipinski definition) is 4. The molecule has 6 heteroatoms. The number of amides is 1. The molecule has 1 amide bonds. The van der Waals surface area contributed by atoms with Gasteiger partial charge in [0.15, 0.2) is 0 Å². The number of hydrogen-bond donors (Lipinski definition) is 1. The molecule has 0 aliphatic carbocycles. The van der Waals surface area contributed by atoms with Gasteiger partial charge in [0.05, 0.1) is 25.7 Å². The molecule has 1 N–H and O–H groups in total. The van der Waals surface area contributed by atoms with E-state index in [-0.39, 0.29) is 24.2 Å². The van der Waals surface area contributed by atoms with E-state index in [2.05, 4.69) is 21.7 Å². The topological polar surface area (TPSA) is 41.6 Å². The monoisotopic (exact) mass is 348 g/mol. The number of rotatable bonds is 6. The van der Waals surface area contributed by atoms with Crippen LogP contribution < -0.4 is 5.32 Å². The normalized spacial score (nSPS) is 16.7. The van der Waals surface area contributed by atoms with E-state index in [0.717, 1.165) is 26.3 Å². The second-order valence-corrected chi connectivity index (χ2v) is 6.77. The Morgan fingerprint density at radius 1 is 1.29 bits per heavy atom.